The van der Waals surface area contributed by atoms with E-state index in [1.807, 2.05) is 20.8 Å². The van der Waals surface area contributed by atoms with Gasteiger partial charge in [-0.25, -0.2) is 0 Å². The second-order valence-corrected chi connectivity index (χ2v) is 5.62. The van der Waals surface area contributed by atoms with Crippen LogP contribution in [0.25, 0.3) is 0 Å². The highest BCUT2D eigenvalue weighted by Crippen LogP contribution is 2.23. The Bertz CT molecular complexity index is 317. The zero-order chi connectivity index (χ0) is 14.4. The summed E-state index contributed by atoms with van der Waals surface area (Å²) in [5.41, 5.74) is 0. The first kappa shape index (κ1) is 16.0. The number of rotatable bonds is 7. The molecule has 19 heavy (non-hydrogen) atoms. The highest BCUT2D eigenvalue weighted by atomic mass is 16.5. The van der Waals surface area contributed by atoms with Crippen LogP contribution in [-0.2, 0) is 14.3 Å². The van der Waals surface area contributed by atoms with E-state index in [2.05, 4.69) is 5.32 Å². The SMILES string of the molecule is CCC1OCCC1C(=O)NCC(CC(C)C)C(=O)O. The minimum atomic E-state index is -0.844. The number of aliphatic carboxylic acids is 1. The normalized spacial score (nSPS) is 24.4. The number of nitrogens with one attached hydrogen (secondary N) is 1. The summed E-state index contributed by atoms with van der Waals surface area (Å²) in [4.78, 5) is 23.2. The van der Waals surface area contributed by atoms with Crippen molar-refractivity contribution < 1.29 is 19.4 Å². The number of carboxylic acids is 1. The van der Waals surface area contributed by atoms with E-state index in [1.54, 1.807) is 0 Å². The zero-order valence-electron chi connectivity index (χ0n) is 12.0. The first-order chi connectivity index (χ1) is 8.95. The summed E-state index contributed by atoms with van der Waals surface area (Å²) in [6.45, 7) is 6.78. The fourth-order valence-corrected chi connectivity index (χ4v) is 2.55. The lowest BCUT2D eigenvalue weighted by atomic mass is 9.95. The number of carbonyl (C=O) groups excluding carboxylic acids is 1. The van der Waals surface area contributed by atoms with Gasteiger partial charge in [0.05, 0.1) is 17.9 Å². The Kier molecular flexibility index (Phi) is 6.28. The Morgan fingerprint density at radius 2 is 2.11 bits per heavy atom. The van der Waals surface area contributed by atoms with Crippen LogP contribution in [0.2, 0.25) is 0 Å². The molecular formula is C14H25NO4. The topological polar surface area (TPSA) is 75.6 Å². The van der Waals surface area contributed by atoms with Crippen molar-refractivity contribution in [2.75, 3.05) is 13.2 Å². The van der Waals surface area contributed by atoms with Crippen LogP contribution in [0.1, 0.15) is 40.0 Å². The molecule has 0 bridgehead atoms. The van der Waals surface area contributed by atoms with Crippen molar-refractivity contribution in [2.45, 2.75) is 46.1 Å². The van der Waals surface area contributed by atoms with E-state index < -0.39 is 11.9 Å². The van der Waals surface area contributed by atoms with Gasteiger partial charge in [0.15, 0.2) is 0 Å². The van der Waals surface area contributed by atoms with Gasteiger partial charge in [-0.1, -0.05) is 20.8 Å². The standard InChI is InChI=1S/C14H25NO4/c1-4-12-11(5-6-19-12)13(16)15-8-10(14(17)18)7-9(2)3/h9-12H,4-8H2,1-3H3,(H,15,16)(H,17,18). The molecule has 0 aromatic heterocycles. The second kappa shape index (κ2) is 7.48. The van der Waals surface area contributed by atoms with E-state index in [0.717, 1.165) is 12.8 Å². The molecule has 1 rings (SSSR count). The number of amides is 1. The van der Waals surface area contributed by atoms with Crippen molar-refractivity contribution in [3.05, 3.63) is 0 Å². The minimum absolute atomic E-state index is 0.0200. The zero-order valence-corrected chi connectivity index (χ0v) is 12.0. The van der Waals surface area contributed by atoms with E-state index in [1.165, 1.54) is 0 Å². The molecule has 3 atom stereocenters. The fourth-order valence-electron chi connectivity index (χ4n) is 2.55. The van der Waals surface area contributed by atoms with Crippen LogP contribution < -0.4 is 5.32 Å². The van der Waals surface area contributed by atoms with E-state index in [4.69, 9.17) is 9.84 Å². The van der Waals surface area contributed by atoms with Gasteiger partial charge in [0.2, 0.25) is 5.91 Å². The molecule has 1 aliphatic heterocycles. The molecule has 0 aromatic rings. The van der Waals surface area contributed by atoms with Gasteiger partial charge in [-0.3, -0.25) is 9.59 Å². The van der Waals surface area contributed by atoms with Crippen LogP contribution in [0.5, 0.6) is 0 Å². The largest absolute Gasteiger partial charge is 0.481 e. The van der Waals surface area contributed by atoms with Crippen LogP contribution in [0.3, 0.4) is 0 Å². The average Bonchev–Trinajstić information content (AvgIpc) is 2.81. The van der Waals surface area contributed by atoms with Crippen LogP contribution in [0, 0.1) is 17.8 Å². The quantitative estimate of drug-likeness (QED) is 0.738. The Morgan fingerprint density at radius 1 is 1.42 bits per heavy atom. The van der Waals surface area contributed by atoms with Crippen molar-refractivity contribution >= 4 is 11.9 Å². The van der Waals surface area contributed by atoms with Gasteiger partial charge < -0.3 is 15.2 Å². The number of hydrogen-bond donors (Lipinski definition) is 2. The van der Waals surface area contributed by atoms with Gasteiger partial charge in [-0.05, 0) is 25.2 Å². The maximum absolute atomic E-state index is 12.0. The van der Waals surface area contributed by atoms with Crippen LogP contribution in [0.15, 0.2) is 0 Å². The predicted molar refractivity (Wildman–Crippen MR) is 71.7 cm³/mol. The monoisotopic (exact) mass is 271 g/mol. The Hall–Kier alpha value is -1.10. The number of ether oxygens (including phenoxy) is 1. The van der Waals surface area contributed by atoms with Crippen molar-refractivity contribution in [3.8, 4) is 0 Å². The molecule has 0 saturated carbocycles. The summed E-state index contributed by atoms with van der Waals surface area (Å²) in [7, 11) is 0. The van der Waals surface area contributed by atoms with Crippen LogP contribution in [-0.4, -0.2) is 36.2 Å². The maximum Gasteiger partial charge on any atom is 0.308 e. The summed E-state index contributed by atoms with van der Waals surface area (Å²) in [6, 6.07) is 0. The molecular weight excluding hydrogens is 246 g/mol. The third-order valence-corrected chi connectivity index (χ3v) is 3.58. The second-order valence-electron chi connectivity index (χ2n) is 5.62. The molecule has 0 aliphatic carbocycles. The van der Waals surface area contributed by atoms with Gasteiger partial charge in [0, 0.05) is 13.2 Å². The van der Waals surface area contributed by atoms with Crippen LogP contribution in [0.4, 0.5) is 0 Å². The molecule has 0 spiro atoms. The van der Waals surface area contributed by atoms with E-state index in [9.17, 15) is 9.59 Å². The highest BCUT2D eigenvalue weighted by Gasteiger charge is 2.33. The molecule has 110 valence electrons. The number of hydrogen-bond acceptors (Lipinski definition) is 3. The molecule has 3 unspecified atom stereocenters. The molecule has 2 N–H and O–H groups in total. The van der Waals surface area contributed by atoms with E-state index in [-0.39, 0.29) is 24.5 Å². The van der Waals surface area contributed by atoms with Crippen LogP contribution >= 0.6 is 0 Å². The summed E-state index contributed by atoms with van der Waals surface area (Å²) in [6.07, 6.45) is 2.10. The minimum Gasteiger partial charge on any atom is -0.481 e. The molecule has 1 amide bonds. The van der Waals surface area contributed by atoms with Crippen molar-refractivity contribution in [1.82, 2.24) is 5.32 Å². The van der Waals surface area contributed by atoms with Gasteiger partial charge >= 0.3 is 5.97 Å². The van der Waals surface area contributed by atoms with Crippen molar-refractivity contribution in [3.63, 3.8) is 0 Å². The van der Waals surface area contributed by atoms with Gasteiger partial charge in [0.1, 0.15) is 0 Å². The highest BCUT2D eigenvalue weighted by molar-refractivity contribution is 5.80. The summed E-state index contributed by atoms with van der Waals surface area (Å²) in [5.74, 6) is -1.25. The molecule has 1 fully saturated rings. The maximum atomic E-state index is 12.0. The molecule has 5 heteroatoms. The summed E-state index contributed by atoms with van der Waals surface area (Å²) < 4.78 is 5.48. The molecule has 1 aliphatic rings. The number of carbonyl (C=O) groups is 2. The molecule has 1 heterocycles. The Labute approximate surface area is 114 Å². The van der Waals surface area contributed by atoms with E-state index in [0.29, 0.717) is 18.9 Å². The van der Waals surface area contributed by atoms with E-state index >= 15 is 0 Å². The lowest BCUT2D eigenvalue weighted by molar-refractivity contribution is -0.142. The number of carboxylic acid groups (broad SMARTS) is 1. The Balaban J connectivity index is 2.45. The molecule has 0 radical (unpaired) electrons. The van der Waals surface area contributed by atoms with Gasteiger partial charge in [-0.2, -0.15) is 0 Å². The van der Waals surface area contributed by atoms with Gasteiger partial charge in [-0.15, -0.1) is 0 Å². The van der Waals surface area contributed by atoms with Crippen molar-refractivity contribution in [1.29, 1.82) is 0 Å². The lowest BCUT2D eigenvalue weighted by Crippen LogP contribution is -2.39. The molecule has 1 saturated heterocycles. The average molecular weight is 271 g/mol. The molecule has 0 aromatic carbocycles. The van der Waals surface area contributed by atoms with Gasteiger partial charge in [0.25, 0.3) is 0 Å². The third kappa shape index (κ3) is 4.82. The summed E-state index contributed by atoms with van der Waals surface area (Å²) >= 11 is 0. The predicted octanol–water partition coefficient (Wildman–Crippen LogP) is 1.66. The first-order valence-corrected chi connectivity index (χ1v) is 7.07. The fraction of sp³-hybridized carbons (Fsp3) is 0.857. The first-order valence-electron chi connectivity index (χ1n) is 7.07. The Morgan fingerprint density at radius 3 is 2.63 bits per heavy atom. The molecule has 5 nitrogen and oxygen atoms in total. The summed E-state index contributed by atoms with van der Waals surface area (Å²) in [5, 5.41) is 11.9. The third-order valence-electron chi connectivity index (χ3n) is 3.58. The smallest absolute Gasteiger partial charge is 0.308 e. The van der Waals surface area contributed by atoms with Crippen molar-refractivity contribution in [2.24, 2.45) is 17.8 Å². The lowest BCUT2D eigenvalue weighted by Gasteiger charge is -2.19.